The van der Waals surface area contributed by atoms with E-state index in [0.717, 1.165) is 28.3 Å². The monoisotopic (exact) mass is 699 g/mol. The van der Waals surface area contributed by atoms with E-state index in [1.165, 1.54) is 29.2 Å². The number of unbranched alkanes of at least 4 members (excludes halogenated alkanes) is 1. The van der Waals surface area contributed by atoms with E-state index in [0.29, 0.717) is 17.1 Å². The van der Waals surface area contributed by atoms with Crippen molar-refractivity contribution < 1.29 is 18.0 Å². The van der Waals surface area contributed by atoms with E-state index in [2.05, 4.69) is 5.32 Å². The normalized spacial score (nSPS) is 11.9. The minimum Gasteiger partial charge on any atom is -0.354 e. The van der Waals surface area contributed by atoms with Gasteiger partial charge < -0.3 is 10.2 Å². The fraction of sp³-hybridized carbons (Fsp3) is 0.257. The van der Waals surface area contributed by atoms with Crippen molar-refractivity contribution in [2.45, 2.75) is 50.6 Å². The van der Waals surface area contributed by atoms with Gasteiger partial charge in [-0.1, -0.05) is 114 Å². The number of aryl methyl sites for hydroxylation is 1. The summed E-state index contributed by atoms with van der Waals surface area (Å²) in [6, 6.07) is 26.3. The summed E-state index contributed by atoms with van der Waals surface area (Å²) in [7, 11) is -4.32. The number of nitrogens with zero attached hydrogens (tertiary/aromatic N) is 2. The van der Waals surface area contributed by atoms with Gasteiger partial charge in [0.25, 0.3) is 10.0 Å². The third-order valence-corrected chi connectivity index (χ3v) is 10.2. The third kappa shape index (κ3) is 9.04. The van der Waals surface area contributed by atoms with E-state index in [1.807, 2.05) is 44.2 Å². The van der Waals surface area contributed by atoms with Gasteiger partial charge in [0.2, 0.25) is 11.8 Å². The number of halogens is 3. The molecule has 4 aromatic rings. The minimum absolute atomic E-state index is 0.000210. The van der Waals surface area contributed by atoms with Crippen molar-refractivity contribution in [2.75, 3.05) is 17.4 Å². The lowest BCUT2D eigenvalue weighted by atomic mass is 10.0. The van der Waals surface area contributed by atoms with Gasteiger partial charge in [-0.05, 0) is 60.9 Å². The molecule has 1 N–H and O–H groups in total. The number of anilines is 1. The van der Waals surface area contributed by atoms with Crippen molar-refractivity contribution >= 4 is 62.3 Å². The Bertz CT molecular complexity index is 1750. The molecule has 11 heteroatoms. The summed E-state index contributed by atoms with van der Waals surface area (Å²) >= 11 is 19.2. The van der Waals surface area contributed by atoms with E-state index in [1.54, 1.807) is 42.5 Å². The molecule has 0 aliphatic rings. The molecule has 0 radical (unpaired) electrons. The van der Waals surface area contributed by atoms with Crippen LogP contribution in [-0.2, 0) is 32.6 Å². The highest BCUT2D eigenvalue weighted by Gasteiger charge is 2.35. The number of carbonyl (C=O) groups is 2. The topological polar surface area (TPSA) is 86.8 Å². The average Bonchev–Trinajstić information content (AvgIpc) is 3.03. The molecule has 0 aliphatic heterocycles. The molecule has 0 saturated heterocycles. The molecule has 0 spiro atoms. The van der Waals surface area contributed by atoms with E-state index in [9.17, 15) is 18.0 Å². The van der Waals surface area contributed by atoms with Crippen molar-refractivity contribution in [1.82, 2.24) is 10.2 Å². The molecule has 0 aliphatic carbocycles. The molecule has 0 saturated carbocycles. The maximum absolute atomic E-state index is 14.5. The van der Waals surface area contributed by atoms with Crippen LogP contribution in [0.15, 0.2) is 102 Å². The van der Waals surface area contributed by atoms with Crippen LogP contribution in [0.3, 0.4) is 0 Å². The van der Waals surface area contributed by atoms with E-state index in [-0.39, 0.29) is 39.5 Å². The highest BCUT2D eigenvalue weighted by molar-refractivity contribution is 7.92. The summed E-state index contributed by atoms with van der Waals surface area (Å²) < 4.78 is 29.3. The first-order chi connectivity index (χ1) is 22.0. The molecule has 7 nitrogen and oxygen atoms in total. The number of hydrogen-bond acceptors (Lipinski definition) is 4. The Morgan fingerprint density at radius 3 is 2.20 bits per heavy atom. The Labute approximate surface area is 286 Å². The molecule has 1 atom stereocenters. The maximum atomic E-state index is 14.5. The molecule has 0 heterocycles. The zero-order valence-electron chi connectivity index (χ0n) is 25.6. The number of benzene rings is 4. The first-order valence-corrected chi connectivity index (χ1v) is 17.5. The average molecular weight is 701 g/mol. The number of hydrogen-bond donors (Lipinski definition) is 1. The molecular formula is C35H36Cl3N3O4S. The highest BCUT2D eigenvalue weighted by atomic mass is 35.5. The quantitative estimate of drug-likeness (QED) is 0.137. The Morgan fingerprint density at radius 1 is 0.848 bits per heavy atom. The van der Waals surface area contributed by atoms with Gasteiger partial charge in [-0.25, -0.2) is 8.42 Å². The van der Waals surface area contributed by atoms with Crippen LogP contribution in [0, 0.1) is 6.92 Å². The second-order valence-corrected chi connectivity index (χ2v) is 14.0. The van der Waals surface area contributed by atoms with Gasteiger partial charge in [-0.15, -0.1) is 0 Å². The van der Waals surface area contributed by atoms with Crippen molar-refractivity contribution in [1.29, 1.82) is 0 Å². The van der Waals surface area contributed by atoms with E-state index >= 15 is 0 Å². The second kappa shape index (κ2) is 16.3. The molecule has 0 aromatic heterocycles. The van der Waals surface area contributed by atoms with Crippen LogP contribution >= 0.6 is 34.8 Å². The van der Waals surface area contributed by atoms with Gasteiger partial charge in [0, 0.05) is 24.5 Å². The summed E-state index contributed by atoms with van der Waals surface area (Å²) in [5, 5.41) is 3.54. The number of amides is 2. The number of sulfonamides is 1. The van der Waals surface area contributed by atoms with Crippen molar-refractivity contribution in [3.05, 3.63) is 129 Å². The predicted molar refractivity (Wildman–Crippen MR) is 186 cm³/mol. The minimum atomic E-state index is -4.32. The molecule has 242 valence electrons. The maximum Gasteiger partial charge on any atom is 0.264 e. The van der Waals surface area contributed by atoms with Crippen LogP contribution in [0.4, 0.5) is 5.69 Å². The summed E-state index contributed by atoms with van der Waals surface area (Å²) in [6.07, 6.45) is 1.84. The van der Waals surface area contributed by atoms with Gasteiger partial charge in [0.05, 0.1) is 20.6 Å². The standard InChI is InChI=1S/C35H36Cl3N3O4S/c1-3-4-20-39-35(43)32(22-26-10-6-5-7-11-26)40(23-27-12-8-13-28(36)21-27)33(42)24-41(31-15-9-14-30(37)34(31)38)46(44,45)29-18-16-25(2)17-19-29/h5-19,21,32H,3-4,20,22-24H2,1-2H3,(H,39,43)/t32-/m1/s1. The summed E-state index contributed by atoms with van der Waals surface area (Å²) in [5.41, 5.74) is 2.42. The van der Waals surface area contributed by atoms with Crippen molar-refractivity contribution in [3.8, 4) is 0 Å². The van der Waals surface area contributed by atoms with E-state index in [4.69, 9.17) is 34.8 Å². The van der Waals surface area contributed by atoms with Gasteiger partial charge in [0.15, 0.2) is 0 Å². The summed E-state index contributed by atoms with van der Waals surface area (Å²) in [4.78, 5) is 29.8. The van der Waals surface area contributed by atoms with Crippen LogP contribution in [0.25, 0.3) is 0 Å². The van der Waals surface area contributed by atoms with Crippen LogP contribution in [0.2, 0.25) is 15.1 Å². The Morgan fingerprint density at radius 2 is 1.52 bits per heavy atom. The fourth-order valence-corrected chi connectivity index (χ4v) is 7.01. The SMILES string of the molecule is CCCCNC(=O)[C@@H](Cc1ccccc1)N(Cc1cccc(Cl)c1)C(=O)CN(c1cccc(Cl)c1Cl)S(=O)(=O)c1ccc(C)cc1. The van der Waals surface area contributed by atoms with Gasteiger partial charge >= 0.3 is 0 Å². The zero-order chi connectivity index (χ0) is 33.3. The largest absolute Gasteiger partial charge is 0.354 e. The molecule has 2 amide bonds. The first kappa shape index (κ1) is 35.3. The first-order valence-electron chi connectivity index (χ1n) is 14.9. The molecule has 46 heavy (non-hydrogen) atoms. The molecule has 4 aromatic carbocycles. The Hall–Kier alpha value is -3.56. The number of rotatable bonds is 14. The summed E-state index contributed by atoms with van der Waals surface area (Å²) in [6.45, 7) is 3.65. The van der Waals surface area contributed by atoms with Crippen LogP contribution in [-0.4, -0.2) is 44.3 Å². The predicted octanol–water partition coefficient (Wildman–Crippen LogP) is 7.71. The molecule has 0 fully saturated rings. The van der Waals surface area contributed by atoms with Crippen LogP contribution in [0.1, 0.15) is 36.5 Å². The Balaban J connectivity index is 1.82. The molecular weight excluding hydrogens is 665 g/mol. The lowest BCUT2D eigenvalue weighted by molar-refractivity contribution is -0.140. The van der Waals surface area contributed by atoms with Crippen molar-refractivity contribution in [2.24, 2.45) is 0 Å². The lowest BCUT2D eigenvalue weighted by Gasteiger charge is -2.34. The van der Waals surface area contributed by atoms with Gasteiger partial charge in [-0.3, -0.25) is 13.9 Å². The number of carbonyl (C=O) groups excluding carboxylic acids is 2. The van der Waals surface area contributed by atoms with Crippen LogP contribution in [0.5, 0.6) is 0 Å². The van der Waals surface area contributed by atoms with Crippen LogP contribution < -0.4 is 9.62 Å². The molecule has 0 bridgehead atoms. The van der Waals surface area contributed by atoms with Gasteiger partial charge in [0.1, 0.15) is 12.6 Å². The Kier molecular flexibility index (Phi) is 12.5. The fourth-order valence-electron chi connectivity index (χ4n) is 4.93. The second-order valence-electron chi connectivity index (χ2n) is 10.9. The summed E-state index contributed by atoms with van der Waals surface area (Å²) in [5.74, 6) is -0.959. The zero-order valence-corrected chi connectivity index (χ0v) is 28.7. The van der Waals surface area contributed by atoms with E-state index < -0.39 is 28.5 Å². The molecule has 4 rings (SSSR count). The molecule has 0 unspecified atom stereocenters. The van der Waals surface area contributed by atoms with Crippen molar-refractivity contribution in [3.63, 3.8) is 0 Å². The number of nitrogens with one attached hydrogen (secondary N) is 1. The highest BCUT2D eigenvalue weighted by Crippen LogP contribution is 2.35. The van der Waals surface area contributed by atoms with Gasteiger partial charge in [-0.2, -0.15) is 0 Å². The third-order valence-electron chi connectivity index (χ3n) is 7.43. The lowest BCUT2D eigenvalue weighted by Crippen LogP contribution is -2.53. The smallest absolute Gasteiger partial charge is 0.264 e.